The van der Waals surface area contributed by atoms with Crippen LogP contribution >= 0.6 is 0 Å². The van der Waals surface area contributed by atoms with Crippen LogP contribution in [0, 0.1) is 0 Å². The topological polar surface area (TPSA) is 72.2 Å². The van der Waals surface area contributed by atoms with Crippen LogP contribution in [-0.2, 0) is 10.8 Å². The maximum atomic E-state index is 11.4. The van der Waals surface area contributed by atoms with Gasteiger partial charge in [0.2, 0.25) is 0 Å². The number of carboxylic acids is 1. The minimum absolute atomic E-state index is 0.197. The van der Waals surface area contributed by atoms with Crippen LogP contribution in [0.1, 0.15) is 29.2 Å². The van der Waals surface area contributed by atoms with Gasteiger partial charge in [-0.3, -0.25) is 4.21 Å². The molecule has 0 spiro atoms. The molecule has 0 radical (unpaired) electrons. The summed E-state index contributed by atoms with van der Waals surface area (Å²) in [5.41, 5.74) is 1.65. The molecule has 0 aliphatic carbocycles. The van der Waals surface area contributed by atoms with E-state index < -0.39 is 16.8 Å². The van der Waals surface area contributed by atoms with Crippen LogP contribution in [-0.4, -0.2) is 36.3 Å². The Labute approximate surface area is 112 Å². The molecule has 1 saturated heterocycles. The van der Waals surface area contributed by atoms with Crippen molar-refractivity contribution in [2.45, 2.75) is 18.9 Å². The van der Waals surface area contributed by atoms with Crippen LogP contribution in [0.25, 0.3) is 11.0 Å². The fourth-order valence-electron chi connectivity index (χ4n) is 2.60. The van der Waals surface area contributed by atoms with Crippen molar-refractivity contribution in [3.63, 3.8) is 0 Å². The summed E-state index contributed by atoms with van der Waals surface area (Å²) >= 11 is 0. The van der Waals surface area contributed by atoms with Gasteiger partial charge in [-0.1, -0.05) is 6.07 Å². The fourth-order valence-corrected chi connectivity index (χ4v) is 3.87. The minimum Gasteiger partial charge on any atom is -0.478 e. The third kappa shape index (κ3) is 2.16. The highest BCUT2D eigenvalue weighted by atomic mass is 32.2. The van der Waals surface area contributed by atoms with Crippen molar-refractivity contribution >= 4 is 27.8 Å². The van der Waals surface area contributed by atoms with Crippen LogP contribution < -0.4 is 0 Å². The molecule has 1 N–H and O–H groups in total. The lowest BCUT2D eigenvalue weighted by Crippen LogP contribution is -2.21. The predicted octanol–water partition coefficient (Wildman–Crippen LogP) is 1.82. The zero-order valence-corrected chi connectivity index (χ0v) is 11.1. The van der Waals surface area contributed by atoms with E-state index in [-0.39, 0.29) is 11.6 Å². The summed E-state index contributed by atoms with van der Waals surface area (Å²) < 4.78 is 13.3. The summed E-state index contributed by atoms with van der Waals surface area (Å²) in [6, 6.07) is 5.32. The van der Waals surface area contributed by atoms with E-state index in [2.05, 4.69) is 4.98 Å². The quantitative estimate of drug-likeness (QED) is 0.909. The Morgan fingerprint density at radius 3 is 2.79 bits per heavy atom. The monoisotopic (exact) mass is 278 g/mol. The van der Waals surface area contributed by atoms with Crippen LogP contribution in [0.2, 0.25) is 0 Å². The molecule has 2 aromatic rings. The molecule has 6 heteroatoms. The predicted molar refractivity (Wildman–Crippen MR) is 72.8 cm³/mol. The molecule has 5 nitrogen and oxygen atoms in total. The molecule has 0 unspecified atom stereocenters. The van der Waals surface area contributed by atoms with Crippen LogP contribution in [0.15, 0.2) is 24.5 Å². The van der Waals surface area contributed by atoms with E-state index in [0.29, 0.717) is 22.5 Å². The van der Waals surface area contributed by atoms with Gasteiger partial charge in [0, 0.05) is 28.3 Å². The fraction of sp³-hybridized carbons (Fsp3) is 0.385. The van der Waals surface area contributed by atoms with Crippen LogP contribution in [0.4, 0.5) is 0 Å². The van der Waals surface area contributed by atoms with Crippen molar-refractivity contribution in [1.29, 1.82) is 0 Å². The molecule has 1 fully saturated rings. The number of carboxylic acid groups (broad SMARTS) is 1. The minimum atomic E-state index is -0.938. The number of benzene rings is 1. The summed E-state index contributed by atoms with van der Waals surface area (Å²) in [6.45, 7) is 0. The molecular weight excluding hydrogens is 264 g/mol. The largest absolute Gasteiger partial charge is 0.478 e. The average molecular weight is 278 g/mol. The van der Waals surface area contributed by atoms with Gasteiger partial charge < -0.3 is 9.67 Å². The number of aromatic carboxylic acids is 1. The molecule has 0 atom stereocenters. The number of imidazole rings is 1. The van der Waals surface area contributed by atoms with Gasteiger partial charge in [-0.25, -0.2) is 9.78 Å². The van der Waals surface area contributed by atoms with Crippen molar-refractivity contribution in [3.05, 3.63) is 30.1 Å². The normalized spacial score (nSPS) is 23.6. The van der Waals surface area contributed by atoms with Gasteiger partial charge in [0.05, 0.1) is 22.9 Å². The molecule has 19 heavy (non-hydrogen) atoms. The lowest BCUT2D eigenvalue weighted by atomic mass is 10.1. The molecule has 1 aliphatic rings. The summed E-state index contributed by atoms with van der Waals surface area (Å²) in [5.74, 6) is 0.422. The van der Waals surface area contributed by atoms with E-state index in [9.17, 15) is 14.1 Å². The first-order chi connectivity index (χ1) is 9.16. The Hall–Kier alpha value is -1.69. The third-order valence-corrected chi connectivity index (χ3v) is 4.96. The Morgan fingerprint density at radius 2 is 2.11 bits per heavy atom. The Balaban J connectivity index is 2.09. The number of hydrogen-bond donors (Lipinski definition) is 1. The van der Waals surface area contributed by atoms with Gasteiger partial charge in [0.25, 0.3) is 0 Å². The Bertz CT molecular complexity index is 655. The number of para-hydroxylation sites is 1. The SMILES string of the molecule is O=C(O)c1cccc2ncn(C3CCS(=O)CC3)c12. The number of aromatic nitrogens is 2. The molecule has 0 saturated carbocycles. The van der Waals surface area contributed by atoms with Crippen LogP contribution in [0.3, 0.4) is 0 Å². The van der Waals surface area contributed by atoms with E-state index in [1.165, 1.54) is 0 Å². The maximum absolute atomic E-state index is 11.4. The van der Waals surface area contributed by atoms with Crippen molar-refractivity contribution in [1.82, 2.24) is 9.55 Å². The highest BCUT2D eigenvalue weighted by Crippen LogP contribution is 2.28. The summed E-state index contributed by atoms with van der Waals surface area (Å²) in [4.78, 5) is 15.6. The molecule has 1 aliphatic heterocycles. The van der Waals surface area contributed by atoms with Crippen molar-refractivity contribution in [2.75, 3.05) is 11.5 Å². The average Bonchev–Trinajstić information content (AvgIpc) is 2.83. The van der Waals surface area contributed by atoms with E-state index >= 15 is 0 Å². The Kier molecular flexibility index (Phi) is 3.10. The molecule has 0 amide bonds. The van der Waals surface area contributed by atoms with E-state index in [0.717, 1.165) is 12.8 Å². The molecule has 1 aromatic carbocycles. The number of hydrogen-bond acceptors (Lipinski definition) is 3. The van der Waals surface area contributed by atoms with Gasteiger partial charge in [-0.15, -0.1) is 0 Å². The van der Waals surface area contributed by atoms with Gasteiger partial charge in [0.15, 0.2) is 0 Å². The standard InChI is InChI=1S/C13H14N2O3S/c16-13(17)10-2-1-3-11-12(10)15(8-14-11)9-4-6-19(18)7-5-9/h1-3,8-9H,4-7H2,(H,16,17). The smallest absolute Gasteiger partial charge is 0.337 e. The van der Waals surface area contributed by atoms with E-state index in [4.69, 9.17) is 0 Å². The summed E-state index contributed by atoms with van der Waals surface area (Å²) in [7, 11) is -0.720. The first-order valence-corrected chi connectivity index (χ1v) is 7.69. The lowest BCUT2D eigenvalue weighted by Gasteiger charge is -2.23. The van der Waals surface area contributed by atoms with E-state index in [1.807, 2.05) is 10.6 Å². The molecule has 2 heterocycles. The number of rotatable bonds is 2. The second kappa shape index (κ2) is 4.77. The van der Waals surface area contributed by atoms with Gasteiger partial charge in [-0.2, -0.15) is 0 Å². The highest BCUT2D eigenvalue weighted by molar-refractivity contribution is 7.85. The van der Waals surface area contributed by atoms with Crippen LogP contribution in [0.5, 0.6) is 0 Å². The number of nitrogens with zero attached hydrogens (tertiary/aromatic N) is 2. The van der Waals surface area contributed by atoms with E-state index in [1.54, 1.807) is 18.5 Å². The second-order valence-electron chi connectivity index (χ2n) is 4.71. The van der Waals surface area contributed by atoms with Crippen molar-refractivity contribution in [2.24, 2.45) is 0 Å². The van der Waals surface area contributed by atoms with Gasteiger partial charge >= 0.3 is 5.97 Å². The first-order valence-electron chi connectivity index (χ1n) is 6.20. The third-order valence-electron chi connectivity index (χ3n) is 3.58. The zero-order chi connectivity index (χ0) is 13.4. The molecule has 3 rings (SSSR count). The number of fused-ring (bicyclic) bond motifs is 1. The number of carbonyl (C=O) groups is 1. The summed E-state index contributed by atoms with van der Waals surface area (Å²) in [6.07, 6.45) is 3.33. The van der Waals surface area contributed by atoms with Gasteiger partial charge in [0.1, 0.15) is 0 Å². The Morgan fingerprint density at radius 1 is 1.37 bits per heavy atom. The second-order valence-corrected chi connectivity index (χ2v) is 6.41. The molecule has 100 valence electrons. The molecule has 0 bridgehead atoms. The summed E-state index contributed by atoms with van der Waals surface area (Å²) in [5, 5.41) is 9.28. The lowest BCUT2D eigenvalue weighted by molar-refractivity contribution is 0.0698. The first kappa shape index (κ1) is 12.3. The molecule has 1 aromatic heterocycles. The highest BCUT2D eigenvalue weighted by Gasteiger charge is 2.23. The van der Waals surface area contributed by atoms with Crippen molar-refractivity contribution < 1.29 is 14.1 Å². The zero-order valence-electron chi connectivity index (χ0n) is 10.3. The van der Waals surface area contributed by atoms with Gasteiger partial charge in [-0.05, 0) is 25.0 Å². The maximum Gasteiger partial charge on any atom is 0.337 e. The molecular formula is C13H14N2O3S. The van der Waals surface area contributed by atoms with Crippen molar-refractivity contribution in [3.8, 4) is 0 Å².